The van der Waals surface area contributed by atoms with Gasteiger partial charge in [0, 0.05) is 19.8 Å². The van der Waals surface area contributed by atoms with E-state index in [9.17, 15) is 75.7 Å². The number of carboxylic acid groups (broad SMARTS) is 1. The predicted octanol–water partition coefficient (Wildman–Crippen LogP) is 8.79. The van der Waals surface area contributed by atoms with Crippen LogP contribution in [0.5, 0.6) is 0 Å². The van der Waals surface area contributed by atoms with Crippen LogP contribution >= 0.6 is 0 Å². The van der Waals surface area contributed by atoms with Gasteiger partial charge in [0.25, 0.3) is 5.79 Å². The zero-order valence-corrected chi connectivity index (χ0v) is 59.7. The Kier molecular flexibility index (Phi) is 49.2. The Labute approximate surface area is 581 Å². The number of allylic oxidation sites excluding steroid dienone is 3. The minimum atomic E-state index is -3.08. The molecule has 18 atom stereocenters. The number of hydrogen-bond acceptors (Lipinski definition) is 20. The van der Waals surface area contributed by atoms with E-state index in [1.54, 1.807) is 6.08 Å². The molecule has 568 valence electrons. The van der Waals surface area contributed by atoms with Crippen molar-refractivity contribution < 1.29 is 104 Å². The molecule has 0 aliphatic carbocycles. The van der Waals surface area contributed by atoms with E-state index in [1.807, 2.05) is 6.08 Å². The zero-order chi connectivity index (χ0) is 71.1. The van der Waals surface area contributed by atoms with Crippen molar-refractivity contribution in [2.75, 3.05) is 26.4 Å². The average Bonchev–Trinajstić information content (AvgIpc) is 0.757. The van der Waals surface area contributed by atoms with Crippen LogP contribution in [0.1, 0.15) is 290 Å². The van der Waals surface area contributed by atoms with Gasteiger partial charge < -0.3 is 100 Å². The normalized spacial score (nSPS) is 27.5. The van der Waals surface area contributed by atoms with Gasteiger partial charge in [0.1, 0.15) is 67.1 Å². The summed E-state index contributed by atoms with van der Waals surface area (Å²) in [6, 6.07) is -2.62. The van der Waals surface area contributed by atoms with E-state index in [0.29, 0.717) is 12.8 Å². The lowest BCUT2D eigenvalue weighted by atomic mass is 9.88. The largest absolute Gasteiger partial charge is 0.477 e. The molecule has 3 aliphatic heterocycles. The van der Waals surface area contributed by atoms with Crippen LogP contribution in [0.4, 0.5) is 0 Å². The van der Waals surface area contributed by atoms with Gasteiger partial charge in [-0.25, -0.2) is 4.79 Å². The van der Waals surface area contributed by atoms with E-state index < -0.39 is 155 Å². The molecule has 3 aliphatic rings. The molecule has 0 aromatic carbocycles. The third kappa shape index (κ3) is 35.3. The number of carboxylic acids is 1. The molecule has 0 radical (unpaired) electrons. The van der Waals surface area contributed by atoms with Crippen LogP contribution in [0, 0.1) is 0 Å². The van der Waals surface area contributed by atoms with E-state index in [4.69, 9.17) is 28.4 Å². The van der Waals surface area contributed by atoms with Crippen molar-refractivity contribution in [3.8, 4) is 0 Å². The molecule has 3 rings (SSSR count). The molecule has 0 spiro atoms. The van der Waals surface area contributed by atoms with E-state index in [0.717, 1.165) is 77.6 Å². The minimum Gasteiger partial charge on any atom is -0.477 e. The molecule has 0 bridgehead atoms. The minimum absolute atomic E-state index is 0.196. The van der Waals surface area contributed by atoms with Crippen molar-refractivity contribution in [3.05, 3.63) is 24.3 Å². The number of aliphatic carboxylic acids is 1. The summed E-state index contributed by atoms with van der Waals surface area (Å²) in [6.45, 7) is 2.17. The maximum Gasteiger partial charge on any atom is 0.364 e. The molecule has 18 unspecified atom stereocenters. The van der Waals surface area contributed by atoms with Gasteiger partial charge in [-0.1, -0.05) is 250 Å². The first-order chi connectivity index (χ1) is 46.9. The van der Waals surface area contributed by atoms with Gasteiger partial charge in [-0.05, 0) is 44.9 Å². The van der Waals surface area contributed by atoms with E-state index in [1.165, 1.54) is 173 Å². The lowest BCUT2D eigenvalue weighted by Crippen LogP contribution is -2.70. The van der Waals surface area contributed by atoms with Gasteiger partial charge >= 0.3 is 5.97 Å². The van der Waals surface area contributed by atoms with Gasteiger partial charge in [0.15, 0.2) is 12.6 Å². The molecule has 3 saturated heterocycles. The van der Waals surface area contributed by atoms with Crippen molar-refractivity contribution in [2.45, 2.75) is 400 Å². The summed E-state index contributed by atoms with van der Waals surface area (Å²) in [7, 11) is 0. The molecular formula is C74H136N2O21. The van der Waals surface area contributed by atoms with Crippen LogP contribution in [0.2, 0.25) is 0 Å². The molecule has 14 N–H and O–H groups in total. The third-order valence-electron chi connectivity index (χ3n) is 19.4. The molecule has 0 aromatic rings. The lowest BCUT2D eigenvalue weighted by molar-refractivity contribution is -0.386. The zero-order valence-electron chi connectivity index (χ0n) is 59.7. The molecule has 23 heteroatoms. The molecule has 0 saturated carbocycles. The topological polar surface area (TPSA) is 373 Å². The molecule has 0 aromatic heterocycles. The van der Waals surface area contributed by atoms with Gasteiger partial charge in [-0.2, -0.15) is 0 Å². The number of hydrogen-bond donors (Lipinski definition) is 14. The van der Waals surface area contributed by atoms with Gasteiger partial charge in [0.05, 0.1) is 50.7 Å². The first-order valence-electron chi connectivity index (χ1n) is 38.2. The predicted molar refractivity (Wildman–Crippen MR) is 371 cm³/mol. The number of ether oxygens (including phenoxy) is 6. The summed E-state index contributed by atoms with van der Waals surface area (Å²) in [4.78, 5) is 38.6. The van der Waals surface area contributed by atoms with Crippen LogP contribution in [0.3, 0.4) is 0 Å². The molecule has 97 heavy (non-hydrogen) atoms. The smallest absolute Gasteiger partial charge is 0.364 e. The summed E-state index contributed by atoms with van der Waals surface area (Å²) in [5.74, 6) is -6.14. The van der Waals surface area contributed by atoms with Crippen molar-refractivity contribution in [1.82, 2.24) is 10.6 Å². The van der Waals surface area contributed by atoms with Crippen molar-refractivity contribution in [1.29, 1.82) is 0 Å². The monoisotopic (exact) mass is 1390 g/mol. The van der Waals surface area contributed by atoms with Crippen molar-refractivity contribution >= 4 is 17.8 Å². The number of rotatable bonds is 59. The number of unbranched alkanes of at least 4 members (excludes halogenated alkanes) is 37. The number of amides is 2. The highest BCUT2D eigenvalue weighted by Crippen LogP contribution is 2.39. The van der Waals surface area contributed by atoms with Crippen LogP contribution in [-0.4, -0.2) is 215 Å². The fourth-order valence-electron chi connectivity index (χ4n) is 13.3. The van der Waals surface area contributed by atoms with Gasteiger partial charge in [0.2, 0.25) is 11.8 Å². The second-order valence-corrected chi connectivity index (χ2v) is 27.9. The molecule has 23 nitrogen and oxygen atoms in total. The fourth-order valence-corrected chi connectivity index (χ4v) is 13.3. The number of aliphatic hydroxyl groups is 11. The molecular weight excluding hydrogens is 1250 g/mol. The Morgan fingerprint density at radius 2 is 0.969 bits per heavy atom. The van der Waals surface area contributed by atoms with Crippen LogP contribution in [0.25, 0.3) is 0 Å². The Bertz CT molecular complexity index is 2040. The molecule has 3 heterocycles. The van der Waals surface area contributed by atoms with Gasteiger partial charge in [-0.15, -0.1) is 0 Å². The average molecular weight is 1390 g/mol. The summed E-state index contributed by atoms with van der Waals surface area (Å²) >= 11 is 0. The molecule has 3 fully saturated rings. The van der Waals surface area contributed by atoms with Crippen LogP contribution in [-0.2, 0) is 42.8 Å². The van der Waals surface area contributed by atoms with Gasteiger partial charge in [-0.3, -0.25) is 9.59 Å². The van der Waals surface area contributed by atoms with E-state index >= 15 is 0 Å². The lowest BCUT2D eigenvalue weighted by Gasteiger charge is -2.50. The van der Waals surface area contributed by atoms with Crippen LogP contribution in [0.15, 0.2) is 24.3 Å². The van der Waals surface area contributed by atoms with Crippen molar-refractivity contribution in [2.24, 2.45) is 0 Å². The number of aliphatic hydroxyl groups excluding tert-OH is 11. The third-order valence-corrected chi connectivity index (χ3v) is 19.4. The summed E-state index contributed by atoms with van der Waals surface area (Å²) in [6.07, 6.45) is 27.8. The van der Waals surface area contributed by atoms with Crippen molar-refractivity contribution in [3.63, 3.8) is 0 Å². The first kappa shape index (κ1) is 88.4. The summed E-state index contributed by atoms with van der Waals surface area (Å²) in [5.41, 5.74) is 0. The number of carbonyl (C=O) groups is 3. The molecule has 2 amide bonds. The number of carbonyl (C=O) groups excluding carboxylic acids is 2. The maximum atomic E-state index is 13.5. The highest BCUT2D eigenvalue weighted by Gasteiger charge is 2.60. The highest BCUT2D eigenvalue weighted by atomic mass is 16.8. The Hall–Kier alpha value is -2.79. The summed E-state index contributed by atoms with van der Waals surface area (Å²) < 4.78 is 34.9. The van der Waals surface area contributed by atoms with E-state index in [-0.39, 0.29) is 12.3 Å². The Morgan fingerprint density at radius 3 is 1.40 bits per heavy atom. The van der Waals surface area contributed by atoms with Crippen LogP contribution < -0.4 is 10.6 Å². The second-order valence-electron chi connectivity index (χ2n) is 27.9. The number of nitrogens with one attached hydrogen (secondary N) is 2. The SMILES string of the molecule is CCCCCCCCCCCCCC/C=C\CCCCCCCCCC(=O)NC(COC1OC(CO)C(OC2OC(CO)C(O)C(OC3(C(=O)O)CC(O)C(NC(C)=O)C(C(O)C(O)CO)O3)C2O)C(O)C1O)C(O)/C=C/CCCCCCCCCCCCCCCCCCCC. The summed E-state index contributed by atoms with van der Waals surface area (Å²) in [5, 5.41) is 136. The highest BCUT2D eigenvalue weighted by molar-refractivity contribution is 5.77. The standard InChI is InChI=1S/C74H136N2O21/c1-4-6-8-10-12-14-16-18-20-22-24-26-27-28-30-32-34-36-38-40-42-44-46-48-61(84)76-55(56(81)47-45-43-41-39-37-35-33-31-29-25-23-21-19-17-15-13-11-9-7-5-2)53-92-71-66(88)65(87)68(60(52-79)94-71)95-72-67(89)70(64(86)59(51-78)93-72)97-74(73(90)91)49-57(82)62(75-54(3)80)69(96-74)63(85)58(83)50-77/h28,30,45,47,55-60,62-72,77-79,81-83,85-89H,4-27,29,31-44,46,48-53H2,1-3H3,(H,75,80)(H,76,84)(H,90,91)/b30-28-,47-45+. The second kappa shape index (κ2) is 53.9. The Morgan fingerprint density at radius 1 is 0.536 bits per heavy atom. The van der Waals surface area contributed by atoms with E-state index in [2.05, 4.69) is 36.6 Å². The maximum absolute atomic E-state index is 13.5. The Balaban J connectivity index is 1.56. The quantitative estimate of drug-likeness (QED) is 0.0200. The first-order valence-corrected chi connectivity index (χ1v) is 38.2. The fraction of sp³-hybridized carbons (Fsp3) is 0.905.